The zero-order valence-electron chi connectivity index (χ0n) is 12.1. The standard InChI is InChI=1S/C15H19N3O3/c1-2-14(20)18-8-6-17(7-9-18)12-5-3-4-11-15(12)21-10-13(19)16-11/h3-5H,2,6-10H2,1H3,(H,16,19). The lowest BCUT2D eigenvalue weighted by molar-refractivity contribution is -0.131. The molecule has 6 nitrogen and oxygen atoms in total. The molecule has 2 aliphatic heterocycles. The van der Waals surface area contributed by atoms with Crippen molar-refractivity contribution in [1.29, 1.82) is 0 Å². The van der Waals surface area contributed by atoms with E-state index in [-0.39, 0.29) is 18.4 Å². The van der Waals surface area contributed by atoms with Crippen molar-refractivity contribution in [2.75, 3.05) is 43.0 Å². The van der Waals surface area contributed by atoms with Gasteiger partial charge < -0.3 is 19.9 Å². The van der Waals surface area contributed by atoms with Crippen LogP contribution in [0, 0.1) is 0 Å². The van der Waals surface area contributed by atoms with Crippen molar-refractivity contribution in [2.24, 2.45) is 0 Å². The van der Waals surface area contributed by atoms with Crippen molar-refractivity contribution in [2.45, 2.75) is 13.3 Å². The summed E-state index contributed by atoms with van der Waals surface area (Å²) < 4.78 is 5.58. The number of amides is 2. The van der Waals surface area contributed by atoms with Gasteiger partial charge >= 0.3 is 0 Å². The molecule has 3 rings (SSSR count). The van der Waals surface area contributed by atoms with Gasteiger partial charge in [0.1, 0.15) is 0 Å². The number of rotatable bonds is 2. The molecule has 0 spiro atoms. The number of piperazine rings is 1. The van der Waals surface area contributed by atoms with Gasteiger partial charge in [-0.25, -0.2) is 0 Å². The first-order chi connectivity index (χ1) is 10.2. The van der Waals surface area contributed by atoms with Crippen LogP contribution in [-0.4, -0.2) is 49.5 Å². The third-order valence-corrected chi connectivity index (χ3v) is 3.89. The van der Waals surface area contributed by atoms with Gasteiger partial charge in [-0.2, -0.15) is 0 Å². The molecular formula is C15H19N3O3. The number of nitrogens with one attached hydrogen (secondary N) is 1. The van der Waals surface area contributed by atoms with E-state index in [9.17, 15) is 9.59 Å². The molecule has 1 aromatic rings. The van der Waals surface area contributed by atoms with E-state index < -0.39 is 0 Å². The lowest BCUT2D eigenvalue weighted by Crippen LogP contribution is -2.48. The second-order valence-electron chi connectivity index (χ2n) is 5.21. The van der Waals surface area contributed by atoms with E-state index in [0.29, 0.717) is 6.42 Å². The smallest absolute Gasteiger partial charge is 0.262 e. The van der Waals surface area contributed by atoms with Crippen LogP contribution in [0.15, 0.2) is 18.2 Å². The maximum absolute atomic E-state index is 11.7. The molecule has 112 valence electrons. The van der Waals surface area contributed by atoms with Gasteiger partial charge in [0.05, 0.1) is 11.4 Å². The first-order valence-electron chi connectivity index (χ1n) is 7.27. The molecule has 21 heavy (non-hydrogen) atoms. The summed E-state index contributed by atoms with van der Waals surface area (Å²) in [4.78, 5) is 27.2. The maximum Gasteiger partial charge on any atom is 0.262 e. The summed E-state index contributed by atoms with van der Waals surface area (Å²) in [5, 5.41) is 2.82. The van der Waals surface area contributed by atoms with Crippen LogP contribution in [0.4, 0.5) is 11.4 Å². The van der Waals surface area contributed by atoms with Crippen LogP contribution in [0.1, 0.15) is 13.3 Å². The third kappa shape index (κ3) is 2.66. The zero-order valence-corrected chi connectivity index (χ0v) is 12.1. The van der Waals surface area contributed by atoms with Gasteiger partial charge in [-0.3, -0.25) is 9.59 Å². The molecule has 0 atom stereocenters. The van der Waals surface area contributed by atoms with Crippen molar-refractivity contribution in [3.63, 3.8) is 0 Å². The van der Waals surface area contributed by atoms with Gasteiger partial charge in [0.2, 0.25) is 5.91 Å². The van der Waals surface area contributed by atoms with Crippen LogP contribution in [-0.2, 0) is 9.59 Å². The van der Waals surface area contributed by atoms with Crippen LogP contribution in [0.2, 0.25) is 0 Å². The summed E-state index contributed by atoms with van der Waals surface area (Å²) in [5.41, 5.74) is 1.70. The molecule has 1 fully saturated rings. The van der Waals surface area contributed by atoms with Gasteiger partial charge in [-0.05, 0) is 12.1 Å². The number of benzene rings is 1. The molecule has 0 unspecified atom stereocenters. The molecule has 6 heteroatoms. The van der Waals surface area contributed by atoms with Crippen LogP contribution in [0.5, 0.6) is 5.75 Å². The van der Waals surface area contributed by atoms with Crippen LogP contribution < -0.4 is 15.0 Å². The Bertz CT molecular complexity index is 565. The minimum absolute atomic E-state index is 0.0539. The summed E-state index contributed by atoms with van der Waals surface area (Å²) in [6.07, 6.45) is 0.551. The highest BCUT2D eigenvalue weighted by Gasteiger charge is 2.25. The average molecular weight is 289 g/mol. The fourth-order valence-corrected chi connectivity index (χ4v) is 2.77. The fourth-order valence-electron chi connectivity index (χ4n) is 2.77. The fraction of sp³-hybridized carbons (Fsp3) is 0.467. The molecule has 1 aromatic carbocycles. The van der Waals surface area contributed by atoms with Gasteiger partial charge in [-0.15, -0.1) is 0 Å². The largest absolute Gasteiger partial charge is 0.479 e. The topological polar surface area (TPSA) is 61.9 Å². The monoisotopic (exact) mass is 289 g/mol. The molecule has 2 amide bonds. The van der Waals surface area contributed by atoms with Crippen LogP contribution >= 0.6 is 0 Å². The molecule has 2 aliphatic rings. The quantitative estimate of drug-likeness (QED) is 0.885. The average Bonchev–Trinajstić information content (AvgIpc) is 2.53. The molecule has 0 aromatic heterocycles. The normalized spacial score (nSPS) is 17.9. The van der Waals surface area contributed by atoms with Crippen LogP contribution in [0.25, 0.3) is 0 Å². The van der Waals surface area contributed by atoms with E-state index in [1.165, 1.54) is 0 Å². The maximum atomic E-state index is 11.7. The Morgan fingerprint density at radius 1 is 1.29 bits per heavy atom. The van der Waals surface area contributed by atoms with Gasteiger partial charge in [0.15, 0.2) is 12.4 Å². The summed E-state index contributed by atoms with van der Waals surface area (Å²) >= 11 is 0. The van der Waals surface area contributed by atoms with E-state index in [1.807, 2.05) is 30.0 Å². The predicted molar refractivity (Wildman–Crippen MR) is 79.7 cm³/mol. The molecule has 0 radical (unpaired) electrons. The number of carbonyl (C=O) groups is 2. The number of carbonyl (C=O) groups excluding carboxylic acids is 2. The number of ether oxygens (including phenoxy) is 1. The number of anilines is 2. The Balaban J connectivity index is 1.76. The minimum Gasteiger partial charge on any atom is -0.479 e. The van der Waals surface area contributed by atoms with Crippen molar-refractivity contribution < 1.29 is 14.3 Å². The molecule has 0 saturated carbocycles. The zero-order chi connectivity index (χ0) is 14.8. The summed E-state index contributed by atoms with van der Waals surface area (Å²) in [7, 11) is 0. The molecule has 0 aliphatic carbocycles. The highest BCUT2D eigenvalue weighted by molar-refractivity contribution is 5.97. The number of fused-ring (bicyclic) bond motifs is 1. The Morgan fingerprint density at radius 3 is 2.76 bits per heavy atom. The SMILES string of the molecule is CCC(=O)N1CCN(c2cccc3c2OCC(=O)N3)CC1. The molecule has 1 N–H and O–H groups in total. The van der Waals surface area contributed by atoms with Crippen LogP contribution in [0.3, 0.4) is 0 Å². The summed E-state index contributed by atoms with van der Waals surface area (Å²) in [6, 6.07) is 5.74. The molecule has 2 heterocycles. The highest BCUT2D eigenvalue weighted by atomic mass is 16.5. The first-order valence-corrected chi connectivity index (χ1v) is 7.27. The van der Waals surface area contributed by atoms with Crippen molar-refractivity contribution >= 4 is 23.2 Å². The Kier molecular flexibility index (Phi) is 3.68. The minimum atomic E-state index is -0.127. The van der Waals surface area contributed by atoms with E-state index in [0.717, 1.165) is 43.3 Å². The van der Waals surface area contributed by atoms with Crippen molar-refractivity contribution in [3.05, 3.63) is 18.2 Å². The van der Waals surface area contributed by atoms with Crippen molar-refractivity contribution in [1.82, 2.24) is 4.90 Å². The van der Waals surface area contributed by atoms with Gasteiger partial charge in [0.25, 0.3) is 5.91 Å². The second kappa shape index (κ2) is 5.63. The Labute approximate surface area is 123 Å². The molecule has 0 bridgehead atoms. The van der Waals surface area contributed by atoms with E-state index in [4.69, 9.17) is 4.74 Å². The van der Waals surface area contributed by atoms with Gasteiger partial charge in [0, 0.05) is 32.6 Å². The highest BCUT2D eigenvalue weighted by Crippen LogP contribution is 2.38. The summed E-state index contributed by atoms with van der Waals surface area (Å²) in [5.74, 6) is 0.804. The van der Waals surface area contributed by atoms with E-state index in [2.05, 4.69) is 10.2 Å². The van der Waals surface area contributed by atoms with Gasteiger partial charge in [-0.1, -0.05) is 13.0 Å². The van der Waals surface area contributed by atoms with E-state index >= 15 is 0 Å². The lowest BCUT2D eigenvalue weighted by Gasteiger charge is -2.37. The Morgan fingerprint density at radius 2 is 2.05 bits per heavy atom. The van der Waals surface area contributed by atoms with Crippen molar-refractivity contribution in [3.8, 4) is 5.75 Å². The first kappa shape index (κ1) is 13.7. The predicted octanol–water partition coefficient (Wildman–Crippen LogP) is 1.08. The second-order valence-corrected chi connectivity index (χ2v) is 5.21. The number of para-hydroxylation sites is 1. The lowest BCUT2D eigenvalue weighted by atomic mass is 10.2. The van der Waals surface area contributed by atoms with E-state index in [1.54, 1.807) is 0 Å². The summed E-state index contributed by atoms with van der Waals surface area (Å²) in [6.45, 7) is 4.95. The number of hydrogen-bond acceptors (Lipinski definition) is 4. The molecular weight excluding hydrogens is 270 g/mol. The third-order valence-electron chi connectivity index (χ3n) is 3.89. The molecule has 1 saturated heterocycles. The number of hydrogen-bond donors (Lipinski definition) is 1. The Hall–Kier alpha value is -2.24. The number of nitrogens with zero attached hydrogens (tertiary/aromatic N) is 2.